The van der Waals surface area contributed by atoms with Crippen molar-refractivity contribution in [2.24, 2.45) is 0 Å². The Hall–Kier alpha value is -3.07. The third kappa shape index (κ3) is 3.53. The van der Waals surface area contributed by atoms with Crippen LogP contribution in [0.4, 0.5) is 11.4 Å². The second kappa shape index (κ2) is 7.75. The third-order valence-corrected chi connectivity index (χ3v) is 5.66. The fourth-order valence-corrected chi connectivity index (χ4v) is 4.10. The number of fused-ring (bicyclic) bond motifs is 1. The standard InChI is InChI=1S/C20H22N6O2S/c1-3-10-23-19(15-6-8-21-9-7-15)22-25(20(23)29)13-24-14(2)11-16-12-17(26(27)28)4-5-18(16)24/h4-9,12,14H,3,10-11,13H2,1-2H3. The van der Waals surface area contributed by atoms with Gasteiger partial charge in [-0.05, 0) is 55.7 Å². The summed E-state index contributed by atoms with van der Waals surface area (Å²) in [6, 6.07) is 9.12. The second-order valence-corrected chi connectivity index (χ2v) is 7.59. The third-order valence-electron chi connectivity index (χ3n) is 5.23. The molecule has 1 aliphatic rings. The van der Waals surface area contributed by atoms with E-state index >= 15 is 0 Å². The van der Waals surface area contributed by atoms with Gasteiger partial charge in [0.2, 0.25) is 0 Å². The number of benzene rings is 1. The molecular formula is C20H22N6O2S. The lowest BCUT2D eigenvalue weighted by atomic mass is 10.1. The number of anilines is 1. The Kier molecular flexibility index (Phi) is 5.14. The van der Waals surface area contributed by atoms with Crippen LogP contribution in [0.25, 0.3) is 11.4 Å². The first kappa shape index (κ1) is 19.3. The highest BCUT2D eigenvalue weighted by Gasteiger charge is 2.28. The highest BCUT2D eigenvalue weighted by Crippen LogP contribution is 2.35. The number of hydrogen-bond donors (Lipinski definition) is 0. The van der Waals surface area contributed by atoms with E-state index in [1.54, 1.807) is 24.5 Å². The molecule has 2 aromatic heterocycles. The summed E-state index contributed by atoms with van der Waals surface area (Å²) < 4.78 is 4.57. The van der Waals surface area contributed by atoms with E-state index in [-0.39, 0.29) is 16.7 Å². The van der Waals surface area contributed by atoms with Crippen LogP contribution in [0.15, 0.2) is 42.7 Å². The van der Waals surface area contributed by atoms with Gasteiger partial charge < -0.3 is 4.90 Å². The van der Waals surface area contributed by atoms with Gasteiger partial charge in [0.05, 0.1) is 4.92 Å². The predicted molar refractivity (Wildman–Crippen MR) is 113 cm³/mol. The van der Waals surface area contributed by atoms with Gasteiger partial charge in [-0.3, -0.25) is 19.7 Å². The smallest absolute Gasteiger partial charge is 0.269 e. The summed E-state index contributed by atoms with van der Waals surface area (Å²) >= 11 is 5.74. The molecule has 0 amide bonds. The van der Waals surface area contributed by atoms with E-state index in [1.807, 2.05) is 22.9 Å². The first-order valence-electron chi connectivity index (χ1n) is 9.61. The molecule has 9 heteroatoms. The molecule has 0 bridgehead atoms. The normalized spacial score (nSPS) is 15.5. The maximum absolute atomic E-state index is 11.1. The molecule has 8 nitrogen and oxygen atoms in total. The van der Waals surface area contributed by atoms with Crippen LogP contribution in [-0.4, -0.2) is 30.3 Å². The van der Waals surface area contributed by atoms with Crippen LogP contribution in [-0.2, 0) is 19.6 Å². The molecule has 0 saturated carbocycles. The van der Waals surface area contributed by atoms with Crippen LogP contribution in [0.2, 0.25) is 0 Å². The Morgan fingerprint density at radius 1 is 1.28 bits per heavy atom. The lowest BCUT2D eigenvalue weighted by molar-refractivity contribution is -0.384. The molecule has 0 spiro atoms. The summed E-state index contributed by atoms with van der Waals surface area (Å²) in [5.41, 5.74) is 3.09. The van der Waals surface area contributed by atoms with Crippen molar-refractivity contribution < 1.29 is 4.92 Å². The molecular weight excluding hydrogens is 388 g/mol. The molecule has 0 fully saturated rings. The van der Waals surface area contributed by atoms with Crippen LogP contribution in [0.1, 0.15) is 25.8 Å². The van der Waals surface area contributed by atoms with Gasteiger partial charge in [-0.15, -0.1) is 5.10 Å². The van der Waals surface area contributed by atoms with Gasteiger partial charge in [0.15, 0.2) is 10.6 Å². The van der Waals surface area contributed by atoms with E-state index < -0.39 is 0 Å². The Bertz CT molecular complexity index is 1110. The molecule has 3 aromatic rings. The summed E-state index contributed by atoms with van der Waals surface area (Å²) in [6.07, 6.45) is 5.21. The zero-order valence-corrected chi connectivity index (χ0v) is 17.2. The molecule has 29 heavy (non-hydrogen) atoms. The number of nitro groups is 1. The van der Waals surface area contributed by atoms with Crippen LogP contribution in [0.3, 0.4) is 0 Å². The van der Waals surface area contributed by atoms with E-state index in [0.29, 0.717) is 11.4 Å². The number of nitro benzene ring substituents is 1. The fraction of sp³-hybridized carbons (Fsp3) is 0.350. The van der Waals surface area contributed by atoms with Crippen molar-refractivity contribution in [3.05, 3.63) is 63.2 Å². The average Bonchev–Trinajstić information content (AvgIpc) is 3.20. The van der Waals surface area contributed by atoms with Crippen molar-refractivity contribution >= 4 is 23.6 Å². The summed E-state index contributed by atoms with van der Waals surface area (Å²) in [5.74, 6) is 0.829. The summed E-state index contributed by atoms with van der Waals surface area (Å²) in [4.78, 5) is 17.0. The highest BCUT2D eigenvalue weighted by atomic mass is 32.1. The van der Waals surface area contributed by atoms with Gasteiger partial charge in [-0.2, -0.15) is 0 Å². The molecule has 1 unspecified atom stereocenters. The van der Waals surface area contributed by atoms with Gasteiger partial charge >= 0.3 is 0 Å². The lowest BCUT2D eigenvalue weighted by Gasteiger charge is -2.24. The predicted octanol–water partition coefficient (Wildman–Crippen LogP) is 4.20. The Morgan fingerprint density at radius 2 is 2.03 bits per heavy atom. The number of hydrogen-bond acceptors (Lipinski definition) is 6. The van der Waals surface area contributed by atoms with Gasteiger partial charge in [0.25, 0.3) is 5.69 Å². The lowest BCUT2D eigenvalue weighted by Crippen LogP contribution is -2.32. The first-order chi connectivity index (χ1) is 14.0. The second-order valence-electron chi connectivity index (χ2n) is 7.23. The SMILES string of the molecule is CCCn1c(-c2ccncc2)nn(CN2c3ccc([N+](=O)[O-])cc3CC2C)c1=S. The quantitative estimate of drug-likeness (QED) is 0.344. The number of nitrogens with zero attached hydrogens (tertiary/aromatic N) is 6. The summed E-state index contributed by atoms with van der Waals surface area (Å²) in [5, 5.41) is 15.9. The van der Waals surface area contributed by atoms with E-state index in [4.69, 9.17) is 17.3 Å². The van der Waals surface area contributed by atoms with Gasteiger partial charge in [0.1, 0.15) is 6.67 Å². The largest absolute Gasteiger partial charge is 0.349 e. The Balaban J connectivity index is 1.71. The van der Waals surface area contributed by atoms with E-state index in [2.05, 4.69) is 28.3 Å². The molecule has 0 saturated heterocycles. The molecule has 0 radical (unpaired) electrons. The van der Waals surface area contributed by atoms with E-state index in [9.17, 15) is 10.1 Å². The summed E-state index contributed by atoms with van der Waals surface area (Å²) in [6.45, 7) is 5.51. The molecule has 1 atom stereocenters. The van der Waals surface area contributed by atoms with Gasteiger partial charge in [-0.1, -0.05) is 6.92 Å². The Labute approximate surface area is 173 Å². The number of non-ortho nitro benzene ring substituents is 1. The van der Waals surface area contributed by atoms with Crippen LogP contribution < -0.4 is 4.90 Å². The van der Waals surface area contributed by atoms with Gasteiger partial charge in [0, 0.05) is 48.4 Å². The minimum atomic E-state index is -0.350. The van der Waals surface area contributed by atoms with Crippen LogP contribution >= 0.6 is 12.2 Å². The maximum Gasteiger partial charge on any atom is 0.269 e. The molecule has 3 heterocycles. The zero-order chi connectivity index (χ0) is 20.5. The van der Waals surface area contributed by atoms with E-state index in [0.717, 1.165) is 42.0 Å². The monoisotopic (exact) mass is 410 g/mol. The number of rotatable bonds is 6. The molecule has 150 valence electrons. The molecule has 1 aliphatic heterocycles. The minimum Gasteiger partial charge on any atom is -0.349 e. The van der Waals surface area contributed by atoms with Crippen molar-refractivity contribution in [3.63, 3.8) is 0 Å². The zero-order valence-electron chi connectivity index (χ0n) is 16.4. The van der Waals surface area contributed by atoms with Gasteiger partial charge in [-0.25, -0.2) is 4.68 Å². The van der Waals surface area contributed by atoms with Crippen LogP contribution in [0, 0.1) is 14.9 Å². The molecule has 1 aromatic carbocycles. The van der Waals surface area contributed by atoms with Crippen molar-refractivity contribution in [2.45, 2.75) is 45.9 Å². The highest BCUT2D eigenvalue weighted by molar-refractivity contribution is 7.71. The van der Waals surface area contributed by atoms with Crippen LogP contribution in [0.5, 0.6) is 0 Å². The fourth-order valence-electron chi connectivity index (χ4n) is 3.83. The number of pyridine rings is 1. The van der Waals surface area contributed by atoms with Crippen molar-refractivity contribution in [2.75, 3.05) is 4.90 Å². The first-order valence-corrected chi connectivity index (χ1v) is 10.0. The minimum absolute atomic E-state index is 0.126. The van der Waals surface area contributed by atoms with E-state index in [1.165, 1.54) is 0 Å². The van der Waals surface area contributed by atoms with Crippen molar-refractivity contribution in [1.82, 2.24) is 19.3 Å². The molecule has 0 aliphatic carbocycles. The topological polar surface area (TPSA) is 82.0 Å². The maximum atomic E-state index is 11.1. The van der Waals surface area contributed by atoms with Crippen molar-refractivity contribution in [3.8, 4) is 11.4 Å². The molecule has 0 N–H and O–H groups in total. The van der Waals surface area contributed by atoms with Crippen molar-refractivity contribution in [1.29, 1.82) is 0 Å². The average molecular weight is 411 g/mol. The number of aromatic nitrogens is 4. The summed E-state index contributed by atoms with van der Waals surface area (Å²) in [7, 11) is 0. The molecule has 4 rings (SSSR count). The Morgan fingerprint density at radius 3 is 2.72 bits per heavy atom.